The molecule has 2 N–H and O–H groups in total. The Morgan fingerprint density at radius 2 is 1.66 bits per heavy atom. The largest absolute Gasteiger partial charge is 0.465 e. The maximum Gasteiger partial charge on any atom is 0.337 e. The predicted octanol–water partition coefficient (Wildman–Crippen LogP) is 4.29. The number of carbonyl (C=O) groups excluding carboxylic acids is 1. The number of benzene rings is 3. The summed E-state index contributed by atoms with van der Waals surface area (Å²) in [7, 11) is -2.48. The Bertz CT molecular complexity index is 1400. The van der Waals surface area contributed by atoms with Crippen molar-refractivity contribution in [2.75, 3.05) is 7.11 Å². The Hall–Kier alpha value is -3.46. The van der Waals surface area contributed by atoms with Gasteiger partial charge in [0.15, 0.2) is 0 Å². The second kappa shape index (κ2) is 8.58. The van der Waals surface area contributed by atoms with E-state index in [0.717, 1.165) is 16.8 Å². The fourth-order valence-corrected chi connectivity index (χ4v) is 3.89. The van der Waals surface area contributed by atoms with Crippen molar-refractivity contribution in [3.05, 3.63) is 89.4 Å². The summed E-state index contributed by atoms with van der Waals surface area (Å²) >= 11 is 6.04. The van der Waals surface area contributed by atoms with E-state index < -0.39 is 16.0 Å². The fraction of sp³-hybridized carbons (Fsp3) is 0.0435. The van der Waals surface area contributed by atoms with E-state index in [4.69, 9.17) is 26.6 Å². The van der Waals surface area contributed by atoms with E-state index in [1.807, 2.05) is 24.3 Å². The van der Waals surface area contributed by atoms with Gasteiger partial charge in [-0.05, 0) is 54.6 Å². The average Bonchev–Trinajstić information content (AvgIpc) is 3.24. The number of carbonyl (C=O) groups is 1. The molecule has 0 fully saturated rings. The highest BCUT2D eigenvalue weighted by atomic mass is 35.5. The Kier molecular flexibility index (Phi) is 5.84. The fourth-order valence-electron chi connectivity index (χ4n) is 3.25. The highest BCUT2D eigenvalue weighted by molar-refractivity contribution is 7.89. The highest BCUT2D eigenvalue weighted by Gasteiger charge is 2.16. The number of ether oxygens (including phenoxy) is 1. The van der Waals surface area contributed by atoms with Crippen LogP contribution in [0.5, 0.6) is 0 Å². The van der Waals surface area contributed by atoms with Gasteiger partial charge in [0, 0.05) is 16.1 Å². The number of esters is 1. The van der Waals surface area contributed by atoms with Crippen LogP contribution in [0.25, 0.3) is 28.2 Å². The molecule has 4 aromatic rings. The maximum absolute atomic E-state index is 11.9. The molecule has 9 heteroatoms. The number of methoxy groups -OCH3 is 1. The van der Waals surface area contributed by atoms with Crippen LogP contribution < -0.4 is 5.14 Å². The summed E-state index contributed by atoms with van der Waals surface area (Å²) in [6, 6.07) is 22.2. The van der Waals surface area contributed by atoms with Crippen molar-refractivity contribution < 1.29 is 17.9 Å². The van der Waals surface area contributed by atoms with Crippen LogP contribution in [0.3, 0.4) is 0 Å². The highest BCUT2D eigenvalue weighted by Crippen LogP contribution is 2.30. The quantitative estimate of drug-likeness (QED) is 0.441. The molecule has 0 spiro atoms. The lowest BCUT2D eigenvalue weighted by molar-refractivity contribution is 0.0600. The minimum absolute atomic E-state index is 0.00690. The summed E-state index contributed by atoms with van der Waals surface area (Å²) in [6.45, 7) is 0. The third kappa shape index (κ3) is 4.43. The van der Waals surface area contributed by atoms with Crippen LogP contribution in [0.15, 0.2) is 83.8 Å². The molecule has 32 heavy (non-hydrogen) atoms. The van der Waals surface area contributed by atoms with E-state index in [-0.39, 0.29) is 4.90 Å². The van der Waals surface area contributed by atoms with Gasteiger partial charge in [-0.3, -0.25) is 0 Å². The first-order chi connectivity index (χ1) is 15.3. The zero-order chi connectivity index (χ0) is 22.9. The number of rotatable bonds is 5. The third-order valence-corrected chi connectivity index (χ3v) is 6.02. The second-order valence-electron chi connectivity index (χ2n) is 6.94. The maximum atomic E-state index is 11.9. The van der Waals surface area contributed by atoms with Crippen molar-refractivity contribution >= 4 is 27.6 Å². The van der Waals surface area contributed by atoms with Crippen molar-refractivity contribution in [1.82, 2.24) is 9.78 Å². The third-order valence-electron chi connectivity index (χ3n) is 4.84. The molecule has 0 bridgehead atoms. The lowest BCUT2D eigenvalue weighted by atomic mass is 10.1. The van der Waals surface area contributed by atoms with Gasteiger partial charge in [-0.1, -0.05) is 35.9 Å². The molecule has 0 aliphatic rings. The first kappa shape index (κ1) is 21.8. The summed E-state index contributed by atoms with van der Waals surface area (Å²) in [5, 5.41) is 10.5. The van der Waals surface area contributed by atoms with Crippen molar-refractivity contribution in [2.24, 2.45) is 5.14 Å². The average molecular weight is 468 g/mol. The molecule has 1 heterocycles. The van der Waals surface area contributed by atoms with Crippen molar-refractivity contribution in [3.8, 4) is 28.2 Å². The molecule has 162 valence electrons. The van der Waals surface area contributed by atoms with Crippen LogP contribution in [0.4, 0.5) is 0 Å². The van der Waals surface area contributed by atoms with E-state index in [9.17, 15) is 13.2 Å². The van der Waals surface area contributed by atoms with E-state index in [0.29, 0.717) is 22.0 Å². The summed E-state index contributed by atoms with van der Waals surface area (Å²) in [5.41, 5.74) is 4.00. The molecule has 0 aliphatic heterocycles. The first-order valence-corrected chi connectivity index (χ1v) is 11.4. The molecule has 0 saturated carbocycles. The van der Waals surface area contributed by atoms with Crippen LogP contribution in [0.2, 0.25) is 5.02 Å². The lowest BCUT2D eigenvalue weighted by Crippen LogP contribution is -2.12. The number of hydrogen-bond donors (Lipinski definition) is 1. The van der Waals surface area contributed by atoms with Gasteiger partial charge >= 0.3 is 5.97 Å². The number of primary sulfonamides is 1. The van der Waals surface area contributed by atoms with Crippen LogP contribution in [0, 0.1) is 0 Å². The van der Waals surface area contributed by atoms with Crippen LogP contribution in [-0.4, -0.2) is 31.3 Å². The topological polar surface area (TPSA) is 104 Å². The van der Waals surface area contributed by atoms with E-state index in [1.54, 1.807) is 47.1 Å². The van der Waals surface area contributed by atoms with Gasteiger partial charge in [0.2, 0.25) is 10.0 Å². The second-order valence-corrected chi connectivity index (χ2v) is 8.94. The zero-order valence-corrected chi connectivity index (χ0v) is 18.5. The molecule has 0 unspecified atom stereocenters. The van der Waals surface area contributed by atoms with Crippen LogP contribution >= 0.6 is 11.6 Å². The molecular formula is C23H18ClN3O4S. The van der Waals surface area contributed by atoms with E-state index in [1.165, 1.54) is 19.2 Å². The van der Waals surface area contributed by atoms with Crippen LogP contribution in [-0.2, 0) is 14.8 Å². The summed E-state index contributed by atoms with van der Waals surface area (Å²) in [4.78, 5) is 11.9. The molecule has 3 aromatic carbocycles. The zero-order valence-electron chi connectivity index (χ0n) is 16.9. The SMILES string of the molecule is COC(=O)c1cccc(-c2cc(-c3ccc(Cl)cc3)n(-c3ccc(S(N)(=O)=O)cc3)n2)c1. The minimum Gasteiger partial charge on any atom is -0.465 e. The van der Waals surface area contributed by atoms with Gasteiger partial charge in [-0.2, -0.15) is 5.10 Å². The molecule has 7 nitrogen and oxygen atoms in total. The molecule has 1 aromatic heterocycles. The predicted molar refractivity (Wildman–Crippen MR) is 122 cm³/mol. The molecule has 0 atom stereocenters. The summed E-state index contributed by atoms with van der Waals surface area (Å²) < 4.78 is 29.7. The molecule has 0 saturated heterocycles. The molecule has 0 aliphatic carbocycles. The molecule has 4 rings (SSSR count). The lowest BCUT2D eigenvalue weighted by Gasteiger charge is -2.08. The number of aromatic nitrogens is 2. The molecular weight excluding hydrogens is 450 g/mol. The number of nitrogens with two attached hydrogens (primary N) is 1. The normalized spacial score (nSPS) is 11.3. The number of nitrogens with zero attached hydrogens (tertiary/aromatic N) is 2. The number of hydrogen-bond acceptors (Lipinski definition) is 5. The van der Waals surface area contributed by atoms with Crippen molar-refractivity contribution in [3.63, 3.8) is 0 Å². The van der Waals surface area contributed by atoms with Crippen LogP contribution in [0.1, 0.15) is 10.4 Å². The minimum atomic E-state index is -3.81. The van der Waals surface area contributed by atoms with E-state index in [2.05, 4.69) is 0 Å². The van der Waals surface area contributed by atoms with Gasteiger partial charge in [-0.15, -0.1) is 0 Å². The Morgan fingerprint density at radius 1 is 0.969 bits per heavy atom. The first-order valence-electron chi connectivity index (χ1n) is 9.44. The Labute approximate surface area is 190 Å². The van der Waals surface area contributed by atoms with Gasteiger partial charge < -0.3 is 4.74 Å². The number of sulfonamides is 1. The van der Waals surface area contributed by atoms with Crippen molar-refractivity contribution in [2.45, 2.75) is 4.90 Å². The molecule has 0 radical (unpaired) electrons. The summed E-state index contributed by atoms with van der Waals surface area (Å²) in [6.07, 6.45) is 0. The van der Waals surface area contributed by atoms with Gasteiger partial charge in [-0.25, -0.2) is 23.0 Å². The van der Waals surface area contributed by atoms with Crippen molar-refractivity contribution in [1.29, 1.82) is 0 Å². The van der Waals surface area contributed by atoms with Gasteiger partial charge in [0.25, 0.3) is 0 Å². The molecule has 0 amide bonds. The monoisotopic (exact) mass is 467 g/mol. The smallest absolute Gasteiger partial charge is 0.337 e. The number of halogens is 1. The Balaban J connectivity index is 1.86. The summed E-state index contributed by atoms with van der Waals surface area (Å²) in [5.74, 6) is -0.442. The van der Waals surface area contributed by atoms with E-state index >= 15 is 0 Å². The van der Waals surface area contributed by atoms with Gasteiger partial charge in [0.05, 0.1) is 34.6 Å². The Morgan fingerprint density at radius 3 is 2.28 bits per heavy atom. The standard InChI is InChI=1S/C23H18ClN3O4S/c1-31-23(28)17-4-2-3-16(13-17)21-14-22(15-5-7-18(24)8-6-15)27(26-21)19-9-11-20(12-10-19)32(25,29)30/h2-14H,1H3,(H2,25,29,30). The van der Waals surface area contributed by atoms with Gasteiger partial charge in [0.1, 0.15) is 0 Å².